The monoisotopic (exact) mass is 285 g/mol. The molecule has 0 bridgehead atoms. The highest BCUT2D eigenvalue weighted by atomic mass is 32.2. The lowest BCUT2D eigenvalue weighted by atomic mass is 10.1. The highest BCUT2D eigenvalue weighted by molar-refractivity contribution is 7.99. The fourth-order valence-corrected chi connectivity index (χ4v) is 2.95. The van der Waals surface area contributed by atoms with Gasteiger partial charge in [0.15, 0.2) is 11.6 Å². The van der Waals surface area contributed by atoms with Crippen molar-refractivity contribution in [1.29, 1.82) is 0 Å². The number of benzene rings is 1. The van der Waals surface area contributed by atoms with Gasteiger partial charge in [-0.25, -0.2) is 9.18 Å². The molecule has 1 atom stereocenters. The SMILES string of the molecule is COc1cc(C(=O)N2CSCC2C(=O)O)ccc1F. The van der Waals surface area contributed by atoms with Gasteiger partial charge in [0.2, 0.25) is 0 Å². The standard InChI is InChI=1S/C12H12FNO4S/c1-18-10-4-7(2-3-8(10)13)11(15)14-6-19-5-9(14)12(16)17/h2-4,9H,5-6H2,1H3,(H,16,17). The number of hydrogen-bond donors (Lipinski definition) is 1. The summed E-state index contributed by atoms with van der Waals surface area (Å²) in [4.78, 5) is 24.5. The van der Waals surface area contributed by atoms with Crippen LogP contribution in [0.15, 0.2) is 18.2 Å². The molecule has 0 radical (unpaired) electrons. The molecule has 2 rings (SSSR count). The molecule has 0 aromatic heterocycles. The Hall–Kier alpha value is -1.76. The van der Waals surface area contributed by atoms with Crippen LogP contribution in [0.3, 0.4) is 0 Å². The van der Waals surface area contributed by atoms with Crippen LogP contribution in [-0.2, 0) is 4.79 Å². The van der Waals surface area contributed by atoms with Crippen molar-refractivity contribution in [3.63, 3.8) is 0 Å². The Balaban J connectivity index is 2.26. The Labute approximate surface area is 113 Å². The average molecular weight is 285 g/mol. The summed E-state index contributed by atoms with van der Waals surface area (Å²) in [5.74, 6) is -1.40. The molecule has 1 aliphatic rings. The third-order valence-electron chi connectivity index (χ3n) is 2.83. The van der Waals surface area contributed by atoms with E-state index in [4.69, 9.17) is 9.84 Å². The minimum Gasteiger partial charge on any atom is -0.494 e. The van der Waals surface area contributed by atoms with Crippen LogP contribution in [0.2, 0.25) is 0 Å². The van der Waals surface area contributed by atoms with Crippen LogP contribution in [0.25, 0.3) is 0 Å². The summed E-state index contributed by atoms with van der Waals surface area (Å²) >= 11 is 1.37. The first-order chi connectivity index (χ1) is 9.04. The van der Waals surface area contributed by atoms with E-state index in [2.05, 4.69) is 0 Å². The fraction of sp³-hybridized carbons (Fsp3) is 0.333. The maximum Gasteiger partial charge on any atom is 0.327 e. The predicted molar refractivity (Wildman–Crippen MR) is 67.9 cm³/mol. The quantitative estimate of drug-likeness (QED) is 0.910. The number of nitrogens with zero attached hydrogens (tertiary/aromatic N) is 1. The topological polar surface area (TPSA) is 66.8 Å². The van der Waals surface area contributed by atoms with Gasteiger partial charge in [-0.1, -0.05) is 0 Å². The fourth-order valence-electron chi connectivity index (χ4n) is 1.81. The molecule has 1 aromatic carbocycles. The van der Waals surface area contributed by atoms with Gasteiger partial charge in [0.05, 0.1) is 13.0 Å². The first-order valence-electron chi connectivity index (χ1n) is 5.49. The van der Waals surface area contributed by atoms with Crippen molar-refractivity contribution in [1.82, 2.24) is 4.90 Å². The Morgan fingerprint density at radius 2 is 2.26 bits per heavy atom. The summed E-state index contributed by atoms with van der Waals surface area (Å²) in [5, 5.41) is 9.03. The molecule has 1 heterocycles. The van der Waals surface area contributed by atoms with Crippen LogP contribution in [0.5, 0.6) is 5.75 Å². The molecular formula is C12H12FNO4S. The van der Waals surface area contributed by atoms with E-state index in [1.54, 1.807) is 0 Å². The Bertz CT molecular complexity index is 522. The third kappa shape index (κ3) is 2.65. The van der Waals surface area contributed by atoms with E-state index < -0.39 is 23.7 Å². The van der Waals surface area contributed by atoms with Gasteiger partial charge in [-0.2, -0.15) is 0 Å². The molecule has 7 heteroatoms. The molecule has 0 spiro atoms. The van der Waals surface area contributed by atoms with Gasteiger partial charge in [0, 0.05) is 11.3 Å². The van der Waals surface area contributed by atoms with Crippen molar-refractivity contribution in [2.24, 2.45) is 0 Å². The number of rotatable bonds is 3. The molecule has 1 unspecified atom stereocenters. The van der Waals surface area contributed by atoms with Gasteiger partial charge < -0.3 is 14.7 Å². The van der Waals surface area contributed by atoms with E-state index >= 15 is 0 Å². The number of hydrogen-bond acceptors (Lipinski definition) is 4. The highest BCUT2D eigenvalue weighted by Crippen LogP contribution is 2.25. The number of halogens is 1. The number of carboxylic acid groups (broad SMARTS) is 1. The predicted octanol–water partition coefficient (Wildman–Crippen LogP) is 1.43. The first kappa shape index (κ1) is 13.7. The van der Waals surface area contributed by atoms with E-state index in [-0.39, 0.29) is 11.3 Å². The second kappa shape index (κ2) is 5.48. The Kier molecular flexibility index (Phi) is 3.94. The van der Waals surface area contributed by atoms with Gasteiger partial charge in [-0.15, -0.1) is 11.8 Å². The van der Waals surface area contributed by atoms with Crippen LogP contribution in [-0.4, -0.2) is 46.7 Å². The van der Waals surface area contributed by atoms with Crippen molar-refractivity contribution in [3.8, 4) is 5.75 Å². The second-order valence-electron chi connectivity index (χ2n) is 3.98. The van der Waals surface area contributed by atoms with Gasteiger partial charge in [-0.3, -0.25) is 4.79 Å². The van der Waals surface area contributed by atoms with Crippen molar-refractivity contribution < 1.29 is 23.8 Å². The van der Waals surface area contributed by atoms with Gasteiger partial charge in [-0.05, 0) is 18.2 Å². The van der Waals surface area contributed by atoms with Crippen LogP contribution >= 0.6 is 11.8 Å². The van der Waals surface area contributed by atoms with Gasteiger partial charge in [0.1, 0.15) is 6.04 Å². The van der Waals surface area contributed by atoms with E-state index in [9.17, 15) is 14.0 Å². The lowest BCUT2D eigenvalue weighted by molar-refractivity contribution is -0.140. The summed E-state index contributed by atoms with van der Waals surface area (Å²) in [7, 11) is 1.30. The second-order valence-corrected chi connectivity index (χ2v) is 4.98. The lowest BCUT2D eigenvalue weighted by Gasteiger charge is -2.20. The van der Waals surface area contributed by atoms with Crippen molar-refractivity contribution in [2.75, 3.05) is 18.7 Å². The van der Waals surface area contributed by atoms with Crippen LogP contribution < -0.4 is 4.74 Å². The Morgan fingerprint density at radius 3 is 2.89 bits per heavy atom. The molecule has 1 aliphatic heterocycles. The molecule has 102 valence electrons. The number of amides is 1. The van der Waals surface area contributed by atoms with Gasteiger partial charge >= 0.3 is 5.97 Å². The number of aliphatic carboxylic acids is 1. The third-order valence-corrected chi connectivity index (χ3v) is 3.84. The Morgan fingerprint density at radius 1 is 1.53 bits per heavy atom. The molecule has 1 amide bonds. The molecular weight excluding hydrogens is 273 g/mol. The molecule has 0 aliphatic carbocycles. The van der Waals surface area contributed by atoms with E-state index in [1.807, 2.05) is 0 Å². The van der Waals surface area contributed by atoms with E-state index in [0.717, 1.165) is 6.07 Å². The summed E-state index contributed by atoms with van der Waals surface area (Å²) in [6.07, 6.45) is 0. The molecule has 1 aromatic rings. The van der Waals surface area contributed by atoms with Crippen LogP contribution in [0.4, 0.5) is 4.39 Å². The van der Waals surface area contributed by atoms with Crippen molar-refractivity contribution in [3.05, 3.63) is 29.6 Å². The summed E-state index contributed by atoms with van der Waals surface area (Å²) in [5.41, 5.74) is 0.215. The van der Waals surface area contributed by atoms with Gasteiger partial charge in [0.25, 0.3) is 5.91 Å². The number of thioether (sulfide) groups is 1. The molecule has 1 saturated heterocycles. The zero-order chi connectivity index (χ0) is 14.0. The van der Waals surface area contributed by atoms with Crippen LogP contribution in [0, 0.1) is 5.82 Å². The minimum atomic E-state index is -1.03. The van der Waals surface area contributed by atoms with E-state index in [1.165, 1.54) is 35.9 Å². The zero-order valence-electron chi connectivity index (χ0n) is 10.1. The molecule has 5 nitrogen and oxygen atoms in total. The number of methoxy groups -OCH3 is 1. The summed E-state index contributed by atoms with van der Waals surface area (Å²) in [6.45, 7) is 0. The number of ether oxygens (including phenoxy) is 1. The number of carbonyl (C=O) groups excluding carboxylic acids is 1. The maximum absolute atomic E-state index is 13.3. The van der Waals surface area contributed by atoms with Crippen molar-refractivity contribution >= 4 is 23.6 Å². The van der Waals surface area contributed by atoms with Crippen molar-refractivity contribution in [2.45, 2.75) is 6.04 Å². The maximum atomic E-state index is 13.3. The first-order valence-corrected chi connectivity index (χ1v) is 6.65. The zero-order valence-corrected chi connectivity index (χ0v) is 10.9. The molecule has 1 fully saturated rings. The number of carbonyl (C=O) groups is 2. The average Bonchev–Trinajstić information content (AvgIpc) is 2.87. The summed E-state index contributed by atoms with van der Waals surface area (Å²) in [6, 6.07) is 2.89. The normalized spacial score (nSPS) is 18.4. The highest BCUT2D eigenvalue weighted by Gasteiger charge is 2.35. The summed E-state index contributed by atoms with van der Waals surface area (Å²) < 4.78 is 18.1. The van der Waals surface area contributed by atoms with Crippen LogP contribution in [0.1, 0.15) is 10.4 Å². The number of carboxylic acids is 1. The molecule has 19 heavy (non-hydrogen) atoms. The molecule has 1 N–H and O–H groups in total. The lowest BCUT2D eigenvalue weighted by Crippen LogP contribution is -2.41. The van der Waals surface area contributed by atoms with E-state index in [0.29, 0.717) is 11.6 Å². The molecule has 0 saturated carbocycles. The smallest absolute Gasteiger partial charge is 0.327 e. The largest absolute Gasteiger partial charge is 0.494 e. The minimum absolute atomic E-state index is 0.0374.